The first-order valence-electron chi connectivity index (χ1n) is 26.1. The lowest BCUT2D eigenvalue weighted by molar-refractivity contribution is -0.332. The highest BCUT2D eigenvalue weighted by molar-refractivity contribution is 5.70. The van der Waals surface area contributed by atoms with Gasteiger partial charge in [0.15, 0.2) is 18.7 Å². The molecule has 0 saturated carbocycles. The SMILES string of the molecule is CCC/C=C\C/C=C\CCCCCCCC(=O)OC(COC(=O)CCCCCCCCC/C=C\CCCCCCCCC)COC1OC(COC2OC(CO)C(O)C(O)C2O)C(O)C(O)C1O. The quantitative estimate of drug-likeness (QED) is 0.0181. The Kier molecular flexibility index (Phi) is 35.8. The molecule has 67 heavy (non-hydrogen) atoms. The first-order valence-corrected chi connectivity index (χ1v) is 26.1. The topological polar surface area (TPSA) is 231 Å². The Hall–Kier alpha value is -2.28. The number of unbranched alkanes of at least 4 members (excludes halogenated alkanes) is 20. The monoisotopic (exact) mass is 957 g/mol. The second-order valence-electron chi connectivity index (χ2n) is 18.3. The van der Waals surface area contributed by atoms with E-state index in [2.05, 4.69) is 50.3 Å². The number of ether oxygens (including phenoxy) is 6. The van der Waals surface area contributed by atoms with E-state index in [1.165, 1.54) is 70.6 Å². The van der Waals surface area contributed by atoms with Gasteiger partial charge in [-0.2, -0.15) is 0 Å². The Labute approximate surface area is 402 Å². The number of rotatable bonds is 40. The molecule has 11 unspecified atom stereocenters. The number of carbonyl (C=O) groups is 2. The summed E-state index contributed by atoms with van der Waals surface area (Å²) in [5, 5.41) is 72.1. The number of hydrogen-bond acceptors (Lipinski definition) is 15. The number of aliphatic hydroxyl groups excluding tert-OH is 7. The Balaban J connectivity index is 1.80. The van der Waals surface area contributed by atoms with Crippen LogP contribution in [-0.2, 0) is 38.0 Å². The van der Waals surface area contributed by atoms with Crippen molar-refractivity contribution in [3.8, 4) is 0 Å². The summed E-state index contributed by atoms with van der Waals surface area (Å²) in [7, 11) is 0. The fourth-order valence-corrected chi connectivity index (χ4v) is 8.01. The summed E-state index contributed by atoms with van der Waals surface area (Å²) in [5.41, 5.74) is 0. The summed E-state index contributed by atoms with van der Waals surface area (Å²) in [4.78, 5) is 25.7. The largest absolute Gasteiger partial charge is 0.462 e. The van der Waals surface area contributed by atoms with Crippen LogP contribution in [0.15, 0.2) is 36.5 Å². The average molecular weight is 957 g/mol. The summed E-state index contributed by atoms with van der Waals surface area (Å²) in [6, 6.07) is 0. The maximum absolute atomic E-state index is 13.0. The van der Waals surface area contributed by atoms with Crippen molar-refractivity contribution >= 4 is 11.9 Å². The fraction of sp³-hybridized carbons (Fsp3) is 0.846. The maximum Gasteiger partial charge on any atom is 0.306 e. The number of carbonyl (C=O) groups excluding carboxylic acids is 2. The standard InChI is InChI=1S/C52H92O15/c1-3-5-7-9-11-13-15-17-18-19-20-21-23-24-26-28-30-32-34-43(54)62-37-40(65-44(55)35-33-31-29-27-25-22-16-14-12-10-8-6-4-2)38-63-51-50(61)48(59)46(57)42(67-51)39-64-52-49(60)47(58)45(56)41(36-53)66-52/h8,10,14,16,18-19,40-42,45-53,56-61H,3-7,9,11-13,15,17,20-39H2,1-2H3/b10-8-,16-14-,19-18-. The zero-order valence-corrected chi connectivity index (χ0v) is 41.1. The minimum absolute atomic E-state index is 0.148. The molecule has 0 spiro atoms. The van der Waals surface area contributed by atoms with Gasteiger partial charge in [-0.1, -0.05) is 147 Å². The van der Waals surface area contributed by atoms with E-state index in [9.17, 15) is 45.3 Å². The first kappa shape index (κ1) is 60.8. The van der Waals surface area contributed by atoms with E-state index in [0.29, 0.717) is 12.8 Å². The molecule has 11 atom stereocenters. The van der Waals surface area contributed by atoms with Crippen LogP contribution >= 0.6 is 0 Å². The van der Waals surface area contributed by atoms with E-state index in [1.807, 2.05) is 0 Å². The molecule has 2 aliphatic heterocycles. The van der Waals surface area contributed by atoms with E-state index in [0.717, 1.165) is 77.0 Å². The normalized spacial score (nSPS) is 26.2. The zero-order valence-electron chi connectivity index (χ0n) is 41.1. The Morgan fingerprint density at radius 2 is 0.925 bits per heavy atom. The molecule has 0 aliphatic carbocycles. The van der Waals surface area contributed by atoms with E-state index in [1.54, 1.807) is 0 Å². The van der Waals surface area contributed by atoms with Crippen molar-refractivity contribution in [3.63, 3.8) is 0 Å². The van der Waals surface area contributed by atoms with Gasteiger partial charge in [-0.25, -0.2) is 0 Å². The van der Waals surface area contributed by atoms with Gasteiger partial charge >= 0.3 is 11.9 Å². The molecule has 2 rings (SSSR count). The minimum atomic E-state index is -1.77. The smallest absolute Gasteiger partial charge is 0.306 e. The Morgan fingerprint density at radius 1 is 0.478 bits per heavy atom. The minimum Gasteiger partial charge on any atom is -0.462 e. The van der Waals surface area contributed by atoms with Crippen molar-refractivity contribution in [2.24, 2.45) is 0 Å². The molecule has 15 nitrogen and oxygen atoms in total. The molecule has 0 aromatic carbocycles. The van der Waals surface area contributed by atoms with Crippen LogP contribution in [0, 0.1) is 0 Å². The highest BCUT2D eigenvalue weighted by atomic mass is 16.7. The van der Waals surface area contributed by atoms with Gasteiger partial charge < -0.3 is 64.2 Å². The van der Waals surface area contributed by atoms with Crippen LogP contribution in [0.25, 0.3) is 0 Å². The van der Waals surface area contributed by atoms with Gasteiger partial charge in [0.2, 0.25) is 0 Å². The zero-order chi connectivity index (χ0) is 48.9. The summed E-state index contributed by atoms with van der Waals surface area (Å²) in [6.07, 6.45) is 24.6. The van der Waals surface area contributed by atoms with Crippen molar-refractivity contribution in [3.05, 3.63) is 36.5 Å². The molecule has 2 heterocycles. The van der Waals surface area contributed by atoms with Crippen LogP contribution in [0.5, 0.6) is 0 Å². The molecule has 0 bridgehead atoms. The van der Waals surface area contributed by atoms with Gasteiger partial charge in [-0.15, -0.1) is 0 Å². The molecule has 0 radical (unpaired) electrons. The molecule has 390 valence electrons. The van der Waals surface area contributed by atoms with Crippen molar-refractivity contribution in [2.75, 3.05) is 26.4 Å². The molecule has 2 saturated heterocycles. The average Bonchev–Trinajstić information content (AvgIpc) is 3.32. The number of aliphatic hydroxyl groups is 7. The molecule has 15 heteroatoms. The van der Waals surface area contributed by atoms with E-state index < -0.39 is 92.7 Å². The van der Waals surface area contributed by atoms with E-state index in [-0.39, 0.29) is 26.1 Å². The summed E-state index contributed by atoms with van der Waals surface area (Å²) >= 11 is 0. The van der Waals surface area contributed by atoms with Crippen molar-refractivity contribution in [1.29, 1.82) is 0 Å². The lowest BCUT2D eigenvalue weighted by Gasteiger charge is -2.42. The van der Waals surface area contributed by atoms with Gasteiger partial charge in [0.1, 0.15) is 55.4 Å². The van der Waals surface area contributed by atoms with Gasteiger partial charge in [0, 0.05) is 12.8 Å². The highest BCUT2D eigenvalue weighted by Gasteiger charge is 2.47. The van der Waals surface area contributed by atoms with Crippen LogP contribution in [0.1, 0.15) is 187 Å². The maximum atomic E-state index is 13.0. The Bertz CT molecular complexity index is 1310. The van der Waals surface area contributed by atoms with Crippen LogP contribution in [0.2, 0.25) is 0 Å². The molecular weight excluding hydrogens is 865 g/mol. The lowest BCUT2D eigenvalue weighted by Crippen LogP contribution is -2.61. The second-order valence-corrected chi connectivity index (χ2v) is 18.3. The van der Waals surface area contributed by atoms with Crippen LogP contribution in [0.4, 0.5) is 0 Å². The van der Waals surface area contributed by atoms with E-state index in [4.69, 9.17) is 28.4 Å². The number of allylic oxidation sites excluding steroid dienone is 6. The van der Waals surface area contributed by atoms with Crippen LogP contribution < -0.4 is 0 Å². The van der Waals surface area contributed by atoms with Gasteiger partial charge in [0.05, 0.1) is 19.8 Å². The molecular formula is C52H92O15. The number of esters is 2. The van der Waals surface area contributed by atoms with Crippen molar-refractivity contribution in [2.45, 2.75) is 255 Å². The Morgan fingerprint density at radius 3 is 1.46 bits per heavy atom. The van der Waals surface area contributed by atoms with E-state index >= 15 is 0 Å². The van der Waals surface area contributed by atoms with Crippen molar-refractivity contribution < 1.29 is 73.8 Å². The third-order valence-corrected chi connectivity index (χ3v) is 12.3. The molecule has 0 aromatic heterocycles. The molecule has 7 N–H and O–H groups in total. The lowest BCUT2D eigenvalue weighted by atomic mass is 9.98. The molecule has 0 amide bonds. The van der Waals surface area contributed by atoms with Gasteiger partial charge in [0.25, 0.3) is 0 Å². The summed E-state index contributed by atoms with van der Waals surface area (Å²) in [6.45, 7) is 2.51. The molecule has 0 aromatic rings. The predicted octanol–water partition coefficient (Wildman–Crippen LogP) is 7.32. The number of hydrogen-bond donors (Lipinski definition) is 7. The first-order chi connectivity index (χ1) is 32.5. The van der Waals surface area contributed by atoms with Crippen molar-refractivity contribution in [1.82, 2.24) is 0 Å². The summed E-state index contributed by atoms with van der Waals surface area (Å²) < 4.78 is 33.6. The third kappa shape index (κ3) is 27.6. The molecule has 2 fully saturated rings. The fourth-order valence-electron chi connectivity index (χ4n) is 8.01. The van der Waals surface area contributed by atoms with Gasteiger partial charge in [-0.05, 0) is 64.2 Å². The van der Waals surface area contributed by atoms with Crippen LogP contribution in [0.3, 0.4) is 0 Å². The predicted molar refractivity (Wildman–Crippen MR) is 257 cm³/mol. The third-order valence-electron chi connectivity index (χ3n) is 12.3. The summed E-state index contributed by atoms with van der Waals surface area (Å²) in [5.74, 6) is -0.945. The molecule has 2 aliphatic rings. The van der Waals surface area contributed by atoms with Gasteiger partial charge in [-0.3, -0.25) is 9.59 Å². The second kappa shape index (κ2) is 39.4. The van der Waals surface area contributed by atoms with Crippen LogP contribution in [-0.4, -0.2) is 142 Å². The highest BCUT2D eigenvalue weighted by Crippen LogP contribution is 2.26.